The summed E-state index contributed by atoms with van der Waals surface area (Å²) in [7, 11) is 0. The molecule has 0 fully saturated rings. The van der Waals surface area contributed by atoms with Crippen LogP contribution in [0.5, 0.6) is 23.0 Å². The van der Waals surface area contributed by atoms with Gasteiger partial charge in [-0.05, 0) is 61.4 Å². The van der Waals surface area contributed by atoms with E-state index in [2.05, 4.69) is 20.5 Å². The molecule has 182 valence electrons. The van der Waals surface area contributed by atoms with E-state index in [1.165, 1.54) is 6.20 Å². The van der Waals surface area contributed by atoms with Crippen LogP contribution in [0, 0.1) is 31.8 Å². The van der Waals surface area contributed by atoms with Crippen LogP contribution < -0.4 is 20.1 Å². The van der Waals surface area contributed by atoms with Crippen LogP contribution in [-0.2, 0) is 0 Å². The van der Waals surface area contributed by atoms with Gasteiger partial charge in [-0.25, -0.2) is 4.79 Å². The first-order valence-electron chi connectivity index (χ1n) is 11.0. The van der Waals surface area contributed by atoms with Crippen molar-refractivity contribution in [2.45, 2.75) is 13.8 Å². The number of nitrogens with zero attached hydrogens (tertiary/aromatic N) is 3. The Hall–Kier alpha value is -5.05. The monoisotopic (exact) mass is 509 g/mol. The van der Waals surface area contributed by atoms with Crippen LogP contribution >= 0.6 is 11.6 Å². The Balaban J connectivity index is 1.44. The van der Waals surface area contributed by atoms with E-state index in [0.717, 1.165) is 11.1 Å². The molecule has 4 aromatic rings. The number of nitrogens with one attached hydrogen (secondary N) is 2. The average molecular weight is 510 g/mol. The predicted octanol–water partition coefficient (Wildman–Crippen LogP) is 8.00. The van der Waals surface area contributed by atoms with Crippen molar-refractivity contribution in [3.8, 4) is 29.1 Å². The number of anilines is 2. The fraction of sp³-hybridized carbons (Fsp3) is 0.0714. The lowest BCUT2D eigenvalue weighted by Gasteiger charge is -2.14. The quantitative estimate of drug-likeness (QED) is 0.256. The van der Waals surface area contributed by atoms with E-state index >= 15 is 0 Å². The second-order valence-electron chi connectivity index (χ2n) is 7.96. The zero-order valence-electron chi connectivity index (χ0n) is 19.9. The van der Waals surface area contributed by atoms with Crippen LogP contribution in [0.25, 0.3) is 4.85 Å². The normalized spacial score (nSPS) is 10.1. The molecule has 0 radical (unpaired) electrons. The SMILES string of the molecule is [C-]#[N+]c1ccc(Oc2cc(NC(=O)Nc3ccc(C)c(Oc4ccc(C#N)c(Cl)c4)c3)ccc2C)cn1. The van der Waals surface area contributed by atoms with E-state index < -0.39 is 6.03 Å². The van der Waals surface area contributed by atoms with Crippen molar-refractivity contribution in [1.82, 2.24) is 4.98 Å². The number of pyridine rings is 1. The summed E-state index contributed by atoms with van der Waals surface area (Å²) in [6, 6.07) is 20.2. The van der Waals surface area contributed by atoms with Gasteiger partial charge in [-0.1, -0.05) is 30.3 Å². The molecule has 1 heterocycles. The van der Waals surface area contributed by atoms with Crippen LogP contribution in [0.15, 0.2) is 72.9 Å². The van der Waals surface area contributed by atoms with Crippen molar-refractivity contribution in [2.75, 3.05) is 10.6 Å². The van der Waals surface area contributed by atoms with E-state index in [-0.39, 0.29) is 5.82 Å². The lowest BCUT2D eigenvalue weighted by atomic mass is 10.2. The second kappa shape index (κ2) is 11.1. The van der Waals surface area contributed by atoms with E-state index in [4.69, 9.17) is 32.9 Å². The maximum atomic E-state index is 12.7. The highest BCUT2D eigenvalue weighted by Crippen LogP contribution is 2.31. The number of halogens is 1. The molecule has 0 saturated heterocycles. The van der Waals surface area contributed by atoms with Crippen LogP contribution in [0.1, 0.15) is 16.7 Å². The van der Waals surface area contributed by atoms with Crippen molar-refractivity contribution in [3.05, 3.63) is 106 Å². The minimum atomic E-state index is -0.450. The smallest absolute Gasteiger partial charge is 0.323 e. The molecule has 0 spiro atoms. The van der Waals surface area contributed by atoms with Gasteiger partial charge in [-0.3, -0.25) is 0 Å². The number of ether oxygens (including phenoxy) is 2. The highest BCUT2D eigenvalue weighted by Gasteiger charge is 2.11. The first-order chi connectivity index (χ1) is 17.8. The number of aryl methyl sites for hydroxylation is 2. The largest absolute Gasteiger partial charge is 0.457 e. The molecular weight excluding hydrogens is 490 g/mol. The number of benzene rings is 3. The summed E-state index contributed by atoms with van der Waals surface area (Å²) in [4.78, 5) is 20.0. The Kier molecular flexibility index (Phi) is 7.53. The number of carbonyl (C=O) groups excluding carboxylic acids is 1. The number of hydrogen-bond acceptors (Lipinski definition) is 5. The zero-order chi connectivity index (χ0) is 26.4. The van der Waals surface area contributed by atoms with Crippen molar-refractivity contribution in [3.63, 3.8) is 0 Å². The first kappa shape index (κ1) is 25.1. The van der Waals surface area contributed by atoms with Crippen LogP contribution in [0.4, 0.5) is 22.0 Å². The van der Waals surface area contributed by atoms with Gasteiger partial charge >= 0.3 is 6.03 Å². The van der Waals surface area contributed by atoms with Crippen molar-refractivity contribution in [1.29, 1.82) is 5.26 Å². The summed E-state index contributed by atoms with van der Waals surface area (Å²) in [6.07, 6.45) is 1.47. The molecule has 9 heteroatoms. The van der Waals surface area contributed by atoms with Gasteiger partial charge in [0.1, 0.15) is 23.3 Å². The number of hydrogen-bond donors (Lipinski definition) is 2. The number of aromatic nitrogens is 1. The zero-order valence-corrected chi connectivity index (χ0v) is 20.6. The fourth-order valence-corrected chi connectivity index (χ4v) is 3.48. The summed E-state index contributed by atoms with van der Waals surface area (Å²) < 4.78 is 11.8. The summed E-state index contributed by atoms with van der Waals surface area (Å²) in [5.74, 6) is 2.30. The molecule has 8 nitrogen and oxygen atoms in total. The third-order valence-corrected chi connectivity index (χ3v) is 5.56. The molecule has 1 aromatic heterocycles. The Morgan fingerprint density at radius 1 is 0.919 bits per heavy atom. The topological polar surface area (TPSA) is 101 Å². The van der Waals surface area contributed by atoms with Gasteiger partial charge in [0.05, 0.1) is 10.6 Å². The number of urea groups is 1. The number of amides is 2. The Labute approximate surface area is 218 Å². The highest BCUT2D eigenvalue weighted by molar-refractivity contribution is 6.31. The minimum absolute atomic E-state index is 0.279. The van der Waals surface area contributed by atoms with Crippen LogP contribution in [0.3, 0.4) is 0 Å². The maximum Gasteiger partial charge on any atom is 0.323 e. The van der Waals surface area contributed by atoms with Crippen molar-refractivity contribution in [2.24, 2.45) is 0 Å². The predicted molar refractivity (Wildman–Crippen MR) is 142 cm³/mol. The van der Waals surface area contributed by atoms with Gasteiger partial charge in [-0.15, -0.1) is 4.98 Å². The Bertz CT molecular complexity index is 1560. The molecule has 0 unspecified atom stereocenters. The van der Waals surface area contributed by atoms with Crippen LogP contribution in [-0.4, -0.2) is 11.0 Å². The molecule has 0 bridgehead atoms. The molecule has 3 aromatic carbocycles. The van der Waals surface area contributed by atoms with E-state index in [1.54, 1.807) is 54.6 Å². The Morgan fingerprint density at radius 2 is 1.51 bits per heavy atom. The fourth-order valence-electron chi connectivity index (χ4n) is 3.27. The molecule has 0 saturated carbocycles. The molecule has 37 heavy (non-hydrogen) atoms. The van der Waals surface area contributed by atoms with Crippen molar-refractivity contribution >= 4 is 34.8 Å². The summed E-state index contributed by atoms with van der Waals surface area (Å²) in [5.41, 5.74) is 3.12. The lowest BCUT2D eigenvalue weighted by molar-refractivity contribution is 0.262. The summed E-state index contributed by atoms with van der Waals surface area (Å²) >= 11 is 6.10. The van der Waals surface area contributed by atoms with Gasteiger partial charge < -0.3 is 25.0 Å². The first-order valence-corrected chi connectivity index (χ1v) is 11.4. The van der Waals surface area contributed by atoms with Crippen LogP contribution in [0.2, 0.25) is 5.02 Å². The van der Waals surface area contributed by atoms with Gasteiger partial charge in [0.25, 0.3) is 5.82 Å². The lowest BCUT2D eigenvalue weighted by Crippen LogP contribution is -2.19. The number of carbonyl (C=O) groups is 1. The molecule has 0 aliphatic heterocycles. The highest BCUT2D eigenvalue weighted by atomic mass is 35.5. The minimum Gasteiger partial charge on any atom is -0.457 e. The van der Waals surface area contributed by atoms with Gasteiger partial charge in [0.15, 0.2) is 11.9 Å². The van der Waals surface area contributed by atoms with Gasteiger partial charge in [0, 0.05) is 29.6 Å². The van der Waals surface area contributed by atoms with Crippen molar-refractivity contribution < 1.29 is 14.3 Å². The van der Waals surface area contributed by atoms with Gasteiger partial charge in [-0.2, -0.15) is 5.26 Å². The molecule has 2 amide bonds. The standard InChI is InChI=1S/C28H20ClN5O3/c1-17-4-7-20(12-25(17)36-22-9-6-19(15-30)24(29)14-22)33-28(35)34-21-8-5-18(2)26(13-21)37-23-10-11-27(31-3)32-16-23/h4-14,16H,1-2H3,(H2,33,34,35). The molecule has 2 N–H and O–H groups in total. The molecule has 0 aliphatic carbocycles. The van der Waals surface area contributed by atoms with E-state index in [1.807, 2.05) is 32.0 Å². The second-order valence-corrected chi connectivity index (χ2v) is 8.37. The summed E-state index contributed by atoms with van der Waals surface area (Å²) in [6.45, 7) is 10.8. The number of rotatable bonds is 6. The molecule has 4 rings (SSSR count). The third kappa shape index (κ3) is 6.34. The maximum absolute atomic E-state index is 12.7. The number of nitriles is 1. The van der Waals surface area contributed by atoms with E-state index in [9.17, 15) is 4.79 Å². The molecule has 0 atom stereocenters. The van der Waals surface area contributed by atoms with E-state index in [0.29, 0.717) is 45.0 Å². The van der Waals surface area contributed by atoms with Gasteiger partial charge in [0.2, 0.25) is 0 Å². The molecule has 0 aliphatic rings. The molecular formula is C28H20ClN5O3. The Morgan fingerprint density at radius 3 is 2.03 bits per heavy atom. The third-order valence-electron chi connectivity index (χ3n) is 5.24. The average Bonchev–Trinajstić information content (AvgIpc) is 2.88. The summed E-state index contributed by atoms with van der Waals surface area (Å²) in [5, 5.41) is 14.9.